The number of piperidine rings is 2. The van der Waals surface area contributed by atoms with Crippen LogP contribution in [0.4, 0.5) is 17.8 Å². The first-order valence-electron chi connectivity index (χ1n) is 11.2. The van der Waals surface area contributed by atoms with Gasteiger partial charge in [0.1, 0.15) is 5.75 Å². The van der Waals surface area contributed by atoms with Crippen LogP contribution in [0, 0.1) is 0 Å². The second-order valence-corrected chi connectivity index (χ2v) is 8.05. The Morgan fingerprint density at radius 1 is 0.938 bits per heavy atom. The van der Waals surface area contributed by atoms with Crippen LogP contribution in [0.3, 0.4) is 0 Å². The maximum Gasteiger partial charge on any atom is 0.255 e. The van der Waals surface area contributed by atoms with Gasteiger partial charge in [-0.25, -0.2) is 5.43 Å². The third-order valence-electron chi connectivity index (χ3n) is 5.53. The highest BCUT2D eigenvalue weighted by Crippen LogP contribution is 2.22. The molecule has 1 amide bonds. The van der Waals surface area contributed by atoms with Crippen molar-refractivity contribution >= 4 is 30.0 Å². The quantitative estimate of drug-likeness (QED) is 0.475. The van der Waals surface area contributed by atoms with E-state index in [1.54, 1.807) is 18.3 Å². The van der Waals surface area contributed by atoms with E-state index in [1.165, 1.54) is 12.8 Å². The maximum absolute atomic E-state index is 10.8. The molecular formula is C22H30N8O2. The fraction of sp³-hybridized carbons (Fsp3) is 0.500. The summed E-state index contributed by atoms with van der Waals surface area (Å²) in [6.45, 7) is 3.73. The summed E-state index contributed by atoms with van der Waals surface area (Å²) in [5.74, 6) is 1.94. The zero-order valence-corrected chi connectivity index (χ0v) is 18.2. The second kappa shape index (κ2) is 10.7. The SMILES string of the molecule is NC(=O)COc1ccc(/C=N/Nc2nc(N3CCCCC3)nc(N3CCCCC3)n2)cc1. The van der Waals surface area contributed by atoms with E-state index >= 15 is 0 Å². The molecule has 10 nitrogen and oxygen atoms in total. The Bertz CT molecular complexity index is 886. The average molecular weight is 439 g/mol. The van der Waals surface area contributed by atoms with E-state index in [2.05, 4.69) is 30.3 Å². The third kappa shape index (κ3) is 6.05. The number of carbonyl (C=O) groups is 1. The number of hydrogen-bond acceptors (Lipinski definition) is 9. The van der Waals surface area contributed by atoms with Crippen LogP contribution < -0.4 is 25.7 Å². The van der Waals surface area contributed by atoms with Gasteiger partial charge in [0.15, 0.2) is 6.61 Å². The number of nitrogens with one attached hydrogen (secondary N) is 1. The number of benzene rings is 1. The zero-order valence-electron chi connectivity index (χ0n) is 18.2. The van der Waals surface area contributed by atoms with Gasteiger partial charge < -0.3 is 20.3 Å². The normalized spacial score (nSPS) is 16.9. The highest BCUT2D eigenvalue weighted by molar-refractivity contribution is 5.80. The van der Waals surface area contributed by atoms with Gasteiger partial charge in [0.05, 0.1) is 6.21 Å². The number of carbonyl (C=O) groups excluding carboxylic acids is 1. The summed E-state index contributed by atoms with van der Waals surface area (Å²) >= 11 is 0. The lowest BCUT2D eigenvalue weighted by atomic mass is 10.1. The van der Waals surface area contributed by atoms with Crippen molar-refractivity contribution in [1.82, 2.24) is 15.0 Å². The molecule has 32 heavy (non-hydrogen) atoms. The molecule has 1 aromatic heterocycles. The molecule has 3 heterocycles. The van der Waals surface area contributed by atoms with Gasteiger partial charge in [-0.15, -0.1) is 0 Å². The number of anilines is 3. The number of hydrazone groups is 1. The van der Waals surface area contributed by atoms with Gasteiger partial charge in [-0.05, 0) is 68.4 Å². The first kappa shape index (κ1) is 21.8. The number of nitrogens with zero attached hydrogens (tertiary/aromatic N) is 6. The molecule has 10 heteroatoms. The molecule has 0 radical (unpaired) electrons. The fourth-order valence-electron chi connectivity index (χ4n) is 3.84. The van der Waals surface area contributed by atoms with E-state index in [0.717, 1.165) is 57.4 Å². The number of ether oxygens (including phenoxy) is 1. The van der Waals surface area contributed by atoms with Crippen LogP contribution >= 0.6 is 0 Å². The Labute approximate surface area is 187 Å². The highest BCUT2D eigenvalue weighted by atomic mass is 16.5. The molecule has 2 aromatic rings. The molecule has 0 atom stereocenters. The van der Waals surface area contributed by atoms with E-state index in [-0.39, 0.29) is 6.61 Å². The molecule has 2 aliphatic rings. The Morgan fingerprint density at radius 3 is 2.03 bits per heavy atom. The summed E-state index contributed by atoms with van der Waals surface area (Å²) in [4.78, 5) is 29.3. The highest BCUT2D eigenvalue weighted by Gasteiger charge is 2.20. The lowest BCUT2D eigenvalue weighted by molar-refractivity contribution is -0.119. The summed E-state index contributed by atoms with van der Waals surface area (Å²) in [6, 6.07) is 7.20. The molecule has 2 saturated heterocycles. The van der Waals surface area contributed by atoms with Crippen LogP contribution in [0.15, 0.2) is 29.4 Å². The maximum atomic E-state index is 10.8. The van der Waals surface area contributed by atoms with Crippen LogP contribution in [0.2, 0.25) is 0 Å². The van der Waals surface area contributed by atoms with Crippen molar-refractivity contribution in [3.05, 3.63) is 29.8 Å². The smallest absolute Gasteiger partial charge is 0.255 e. The van der Waals surface area contributed by atoms with Crippen molar-refractivity contribution < 1.29 is 9.53 Å². The molecule has 2 aliphatic heterocycles. The summed E-state index contributed by atoms with van der Waals surface area (Å²) < 4.78 is 5.27. The van der Waals surface area contributed by atoms with E-state index < -0.39 is 5.91 Å². The van der Waals surface area contributed by atoms with E-state index in [0.29, 0.717) is 23.6 Å². The second-order valence-electron chi connectivity index (χ2n) is 8.05. The first-order chi connectivity index (χ1) is 15.7. The summed E-state index contributed by atoms with van der Waals surface area (Å²) in [7, 11) is 0. The lowest BCUT2D eigenvalue weighted by Gasteiger charge is -2.30. The molecule has 0 bridgehead atoms. The summed E-state index contributed by atoms with van der Waals surface area (Å²) in [6.07, 6.45) is 8.82. The predicted molar refractivity (Wildman–Crippen MR) is 124 cm³/mol. The molecule has 4 rings (SSSR count). The minimum Gasteiger partial charge on any atom is -0.484 e. The number of nitrogens with two attached hydrogens (primary N) is 1. The number of aromatic nitrogens is 3. The molecule has 0 aliphatic carbocycles. The Kier molecular flexibility index (Phi) is 7.31. The summed E-state index contributed by atoms with van der Waals surface area (Å²) in [5.41, 5.74) is 8.93. The van der Waals surface area contributed by atoms with Crippen LogP contribution in [0.25, 0.3) is 0 Å². The molecule has 0 spiro atoms. The van der Waals surface area contributed by atoms with Crippen LogP contribution in [-0.2, 0) is 4.79 Å². The molecular weight excluding hydrogens is 408 g/mol. The van der Waals surface area contributed by atoms with Crippen molar-refractivity contribution in [2.75, 3.05) is 48.0 Å². The van der Waals surface area contributed by atoms with Gasteiger partial charge in [0.25, 0.3) is 5.91 Å². The lowest BCUT2D eigenvalue weighted by Crippen LogP contribution is -2.34. The van der Waals surface area contributed by atoms with Gasteiger partial charge in [-0.2, -0.15) is 20.1 Å². The Balaban J connectivity index is 1.46. The average Bonchev–Trinajstić information content (AvgIpc) is 2.84. The van der Waals surface area contributed by atoms with Gasteiger partial charge in [0.2, 0.25) is 17.8 Å². The Hall–Kier alpha value is -3.43. The third-order valence-corrected chi connectivity index (χ3v) is 5.53. The monoisotopic (exact) mass is 438 g/mol. The number of rotatable bonds is 8. The minimum atomic E-state index is -0.509. The standard InChI is InChI=1S/C22H30N8O2/c23-19(31)16-32-18-9-7-17(8-10-18)15-24-28-20-25-21(29-11-3-1-4-12-29)27-22(26-20)30-13-5-2-6-14-30/h7-10,15H,1-6,11-14,16H2,(H2,23,31)(H,25,26,27,28)/b24-15+. The molecule has 3 N–H and O–H groups in total. The number of amides is 1. The van der Waals surface area contributed by atoms with Gasteiger partial charge >= 0.3 is 0 Å². The van der Waals surface area contributed by atoms with Crippen LogP contribution in [0.5, 0.6) is 5.75 Å². The van der Waals surface area contributed by atoms with E-state index in [1.807, 2.05) is 12.1 Å². The summed E-state index contributed by atoms with van der Waals surface area (Å²) in [5, 5.41) is 4.31. The fourth-order valence-corrected chi connectivity index (χ4v) is 3.84. The van der Waals surface area contributed by atoms with Crippen LogP contribution in [0.1, 0.15) is 44.1 Å². The number of hydrogen-bond donors (Lipinski definition) is 2. The van der Waals surface area contributed by atoms with Crippen molar-refractivity contribution in [1.29, 1.82) is 0 Å². The molecule has 1 aromatic carbocycles. The molecule has 0 unspecified atom stereocenters. The van der Waals surface area contributed by atoms with E-state index in [4.69, 9.17) is 15.5 Å². The van der Waals surface area contributed by atoms with Gasteiger partial charge in [-0.1, -0.05) is 0 Å². The predicted octanol–water partition coefficient (Wildman–Crippen LogP) is 2.16. The molecule has 2 fully saturated rings. The van der Waals surface area contributed by atoms with Crippen molar-refractivity contribution in [2.24, 2.45) is 10.8 Å². The number of primary amides is 1. The van der Waals surface area contributed by atoms with Crippen molar-refractivity contribution in [2.45, 2.75) is 38.5 Å². The van der Waals surface area contributed by atoms with E-state index in [9.17, 15) is 4.79 Å². The van der Waals surface area contributed by atoms with Gasteiger partial charge in [0, 0.05) is 26.2 Å². The minimum absolute atomic E-state index is 0.146. The zero-order chi connectivity index (χ0) is 22.2. The van der Waals surface area contributed by atoms with Crippen molar-refractivity contribution in [3.63, 3.8) is 0 Å². The largest absolute Gasteiger partial charge is 0.484 e. The van der Waals surface area contributed by atoms with Crippen LogP contribution in [-0.4, -0.2) is 59.9 Å². The topological polar surface area (TPSA) is 122 Å². The van der Waals surface area contributed by atoms with Crippen molar-refractivity contribution in [3.8, 4) is 5.75 Å². The molecule has 170 valence electrons. The first-order valence-corrected chi connectivity index (χ1v) is 11.2. The molecule has 0 saturated carbocycles. The van der Waals surface area contributed by atoms with Gasteiger partial charge in [-0.3, -0.25) is 4.79 Å². The Morgan fingerprint density at radius 2 is 1.50 bits per heavy atom.